The fourth-order valence-electron chi connectivity index (χ4n) is 3.53. The molecule has 21 heavy (non-hydrogen) atoms. The molecule has 0 bridgehead atoms. The van der Waals surface area contributed by atoms with Gasteiger partial charge in [-0.15, -0.1) is 0 Å². The number of nitrogens with zero attached hydrogens (tertiary/aromatic N) is 3. The summed E-state index contributed by atoms with van der Waals surface area (Å²) in [6.07, 6.45) is 7.86. The van der Waals surface area contributed by atoms with Gasteiger partial charge in [-0.05, 0) is 67.9 Å². The zero-order valence-corrected chi connectivity index (χ0v) is 15.6. The van der Waals surface area contributed by atoms with Crippen LogP contribution in [-0.2, 0) is 19.5 Å². The Hall–Kier alpha value is -0.350. The second kappa shape index (κ2) is 7.77. The molecule has 2 rings (SSSR count). The van der Waals surface area contributed by atoms with E-state index in [9.17, 15) is 0 Å². The predicted molar refractivity (Wildman–Crippen MR) is 92.5 cm³/mol. The van der Waals surface area contributed by atoms with E-state index in [1.54, 1.807) is 0 Å². The van der Waals surface area contributed by atoms with Gasteiger partial charge in [0.2, 0.25) is 0 Å². The first-order chi connectivity index (χ1) is 10.1. The summed E-state index contributed by atoms with van der Waals surface area (Å²) >= 11 is 3.77. The SMILES string of the molecule is CCc1nn(CC)c(CN(C)C2CCC(CC)CC2)c1Br. The molecule has 1 aromatic rings. The molecule has 0 spiro atoms. The molecule has 1 aliphatic carbocycles. The quantitative estimate of drug-likeness (QED) is 0.741. The lowest BCUT2D eigenvalue weighted by Crippen LogP contribution is -2.35. The highest BCUT2D eigenvalue weighted by Crippen LogP contribution is 2.31. The Labute approximate surface area is 138 Å². The molecule has 0 N–H and O–H groups in total. The van der Waals surface area contributed by atoms with Crippen molar-refractivity contribution >= 4 is 15.9 Å². The first-order valence-electron chi connectivity index (χ1n) is 8.54. The average molecular weight is 356 g/mol. The van der Waals surface area contributed by atoms with Gasteiger partial charge in [0.25, 0.3) is 0 Å². The summed E-state index contributed by atoms with van der Waals surface area (Å²) in [6.45, 7) is 8.63. The maximum atomic E-state index is 4.71. The molecule has 1 aliphatic rings. The summed E-state index contributed by atoms with van der Waals surface area (Å²) in [6, 6.07) is 0.741. The Kier molecular flexibility index (Phi) is 6.30. The lowest BCUT2D eigenvalue weighted by Gasteiger charge is -2.34. The maximum absolute atomic E-state index is 4.71. The summed E-state index contributed by atoms with van der Waals surface area (Å²) in [5.74, 6) is 0.967. The van der Waals surface area contributed by atoms with Gasteiger partial charge in [-0.3, -0.25) is 9.58 Å². The van der Waals surface area contributed by atoms with E-state index >= 15 is 0 Å². The van der Waals surface area contributed by atoms with Crippen molar-refractivity contribution in [2.75, 3.05) is 7.05 Å². The minimum atomic E-state index is 0.741. The van der Waals surface area contributed by atoms with Gasteiger partial charge in [-0.25, -0.2) is 0 Å². The molecule has 1 fully saturated rings. The van der Waals surface area contributed by atoms with E-state index in [0.717, 1.165) is 31.5 Å². The highest BCUT2D eigenvalue weighted by Gasteiger charge is 2.24. The van der Waals surface area contributed by atoms with E-state index in [0.29, 0.717) is 0 Å². The minimum absolute atomic E-state index is 0.741. The topological polar surface area (TPSA) is 21.1 Å². The van der Waals surface area contributed by atoms with Crippen molar-refractivity contribution in [1.29, 1.82) is 0 Å². The van der Waals surface area contributed by atoms with Gasteiger partial charge < -0.3 is 0 Å². The van der Waals surface area contributed by atoms with Crippen molar-refractivity contribution in [3.8, 4) is 0 Å². The molecular formula is C17H30BrN3. The van der Waals surface area contributed by atoms with Crippen LogP contribution >= 0.6 is 15.9 Å². The zero-order valence-electron chi connectivity index (χ0n) is 14.0. The molecule has 0 radical (unpaired) electrons. The first-order valence-corrected chi connectivity index (χ1v) is 9.34. The van der Waals surface area contributed by atoms with E-state index in [-0.39, 0.29) is 0 Å². The number of aromatic nitrogens is 2. The van der Waals surface area contributed by atoms with Crippen LogP contribution in [0.2, 0.25) is 0 Å². The first kappa shape index (κ1) is 17.0. The molecule has 3 nitrogen and oxygen atoms in total. The van der Waals surface area contributed by atoms with Crippen LogP contribution < -0.4 is 0 Å². The molecule has 0 saturated heterocycles. The molecule has 120 valence electrons. The molecular weight excluding hydrogens is 326 g/mol. The molecule has 4 heteroatoms. The summed E-state index contributed by atoms with van der Waals surface area (Å²) in [4.78, 5) is 2.54. The van der Waals surface area contributed by atoms with E-state index < -0.39 is 0 Å². The Morgan fingerprint density at radius 2 is 1.86 bits per heavy atom. The average Bonchev–Trinajstić information content (AvgIpc) is 2.83. The van der Waals surface area contributed by atoms with Gasteiger partial charge in [-0.2, -0.15) is 5.10 Å². The molecule has 0 aliphatic heterocycles. The van der Waals surface area contributed by atoms with Crippen LogP contribution in [-0.4, -0.2) is 27.8 Å². The Bertz CT molecular complexity index is 447. The van der Waals surface area contributed by atoms with E-state index in [2.05, 4.69) is 53.3 Å². The lowest BCUT2D eigenvalue weighted by atomic mass is 9.84. The predicted octanol–water partition coefficient (Wildman–Crippen LogP) is 4.63. The molecule has 0 unspecified atom stereocenters. The summed E-state index contributed by atoms with van der Waals surface area (Å²) in [5.41, 5.74) is 2.53. The molecule has 0 atom stereocenters. The summed E-state index contributed by atoms with van der Waals surface area (Å²) < 4.78 is 3.39. The lowest BCUT2D eigenvalue weighted by molar-refractivity contribution is 0.154. The van der Waals surface area contributed by atoms with Crippen LogP contribution in [0.4, 0.5) is 0 Å². The highest BCUT2D eigenvalue weighted by molar-refractivity contribution is 9.10. The number of rotatable bonds is 6. The van der Waals surface area contributed by atoms with Crippen molar-refractivity contribution < 1.29 is 0 Å². The van der Waals surface area contributed by atoms with Crippen molar-refractivity contribution in [3.63, 3.8) is 0 Å². The van der Waals surface area contributed by atoms with E-state index in [1.807, 2.05) is 0 Å². The smallest absolute Gasteiger partial charge is 0.0767 e. The third-order valence-corrected chi connectivity index (χ3v) is 6.03. The van der Waals surface area contributed by atoms with Crippen LogP contribution in [0, 0.1) is 5.92 Å². The van der Waals surface area contributed by atoms with E-state index in [4.69, 9.17) is 5.10 Å². The second-order valence-electron chi connectivity index (χ2n) is 6.37. The van der Waals surface area contributed by atoms with Gasteiger partial charge in [-0.1, -0.05) is 20.3 Å². The molecule has 1 aromatic heterocycles. The minimum Gasteiger partial charge on any atom is -0.298 e. The number of aryl methyl sites for hydroxylation is 2. The molecule has 0 amide bonds. The Balaban J connectivity index is 2.02. The summed E-state index contributed by atoms with van der Waals surface area (Å²) in [5, 5.41) is 4.71. The largest absolute Gasteiger partial charge is 0.298 e. The number of halogens is 1. The summed E-state index contributed by atoms with van der Waals surface area (Å²) in [7, 11) is 2.28. The van der Waals surface area contributed by atoms with Crippen molar-refractivity contribution in [1.82, 2.24) is 14.7 Å². The molecule has 1 heterocycles. The Morgan fingerprint density at radius 1 is 1.19 bits per heavy atom. The maximum Gasteiger partial charge on any atom is 0.0767 e. The van der Waals surface area contributed by atoms with Crippen LogP contribution in [0.1, 0.15) is 64.3 Å². The van der Waals surface area contributed by atoms with Gasteiger partial charge in [0.15, 0.2) is 0 Å². The molecule has 1 saturated carbocycles. The monoisotopic (exact) mass is 355 g/mol. The number of hydrogen-bond acceptors (Lipinski definition) is 2. The zero-order chi connectivity index (χ0) is 15.4. The van der Waals surface area contributed by atoms with Crippen molar-refractivity contribution in [2.45, 2.75) is 78.4 Å². The standard InChI is InChI=1S/C17H30BrN3/c1-5-13-8-10-14(11-9-13)20(4)12-16-17(18)15(6-2)19-21(16)7-3/h13-14H,5-12H2,1-4H3. The Morgan fingerprint density at radius 3 is 2.38 bits per heavy atom. The van der Waals surface area contributed by atoms with Gasteiger partial charge in [0, 0.05) is 19.1 Å². The van der Waals surface area contributed by atoms with Gasteiger partial charge in [0.05, 0.1) is 15.9 Å². The third kappa shape index (κ3) is 3.89. The fraction of sp³-hybridized carbons (Fsp3) is 0.824. The fourth-order valence-corrected chi connectivity index (χ4v) is 4.22. The highest BCUT2D eigenvalue weighted by atomic mass is 79.9. The van der Waals surface area contributed by atoms with Crippen LogP contribution in [0.25, 0.3) is 0 Å². The molecule has 0 aromatic carbocycles. The van der Waals surface area contributed by atoms with Crippen molar-refractivity contribution in [3.05, 3.63) is 15.9 Å². The normalized spacial score (nSPS) is 23.0. The van der Waals surface area contributed by atoms with Gasteiger partial charge >= 0.3 is 0 Å². The van der Waals surface area contributed by atoms with Crippen LogP contribution in [0.15, 0.2) is 4.47 Å². The van der Waals surface area contributed by atoms with Crippen LogP contribution in [0.5, 0.6) is 0 Å². The second-order valence-corrected chi connectivity index (χ2v) is 7.17. The third-order valence-electron chi connectivity index (χ3n) is 5.11. The van der Waals surface area contributed by atoms with Crippen LogP contribution in [0.3, 0.4) is 0 Å². The number of hydrogen-bond donors (Lipinski definition) is 0. The van der Waals surface area contributed by atoms with Gasteiger partial charge in [0.1, 0.15) is 0 Å². The van der Waals surface area contributed by atoms with E-state index in [1.165, 1.54) is 48.0 Å². The van der Waals surface area contributed by atoms with Crippen molar-refractivity contribution in [2.24, 2.45) is 5.92 Å².